The van der Waals surface area contributed by atoms with Crippen LogP contribution in [0.15, 0.2) is 24.3 Å². The van der Waals surface area contributed by atoms with E-state index in [-0.39, 0.29) is 5.69 Å². The Kier molecular flexibility index (Phi) is 2.77. The lowest BCUT2D eigenvalue weighted by atomic mass is 10.0. The van der Waals surface area contributed by atoms with Gasteiger partial charge in [0.25, 0.3) is 5.69 Å². The van der Waals surface area contributed by atoms with Gasteiger partial charge in [-0.1, -0.05) is 19.1 Å². The van der Waals surface area contributed by atoms with Crippen molar-refractivity contribution in [3.8, 4) is 11.4 Å². The fourth-order valence-electron chi connectivity index (χ4n) is 2.44. The monoisotopic (exact) mass is 258 g/mol. The van der Waals surface area contributed by atoms with Crippen LogP contribution in [0.3, 0.4) is 0 Å². The number of benzene rings is 1. The summed E-state index contributed by atoms with van der Waals surface area (Å²) >= 11 is 0. The minimum Gasteiger partial charge on any atom is -0.258 e. The first-order valence-electron chi connectivity index (χ1n) is 6.35. The van der Waals surface area contributed by atoms with E-state index in [1.165, 1.54) is 12.1 Å². The zero-order chi connectivity index (χ0) is 13.4. The van der Waals surface area contributed by atoms with Crippen molar-refractivity contribution in [1.82, 2.24) is 14.8 Å². The molecule has 1 aliphatic heterocycles. The molecule has 0 spiro atoms. The molecule has 2 heterocycles. The van der Waals surface area contributed by atoms with Gasteiger partial charge in [0.15, 0.2) is 5.82 Å². The van der Waals surface area contributed by atoms with Crippen molar-refractivity contribution in [2.75, 3.05) is 0 Å². The molecule has 1 unspecified atom stereocenters. The SMILES string of the molecule is CC1CCCn2nc(-c3cccc([N+](=O)[O-])c3)nc21. The van der Waals surface area contributed by atoms with E-state index in [1.807, 2.05) is 4.68 Å². The van der Waals surface area contributed by atoms with Gasteiger partial charge in [0, 0.05) is 30.2 Å². The van der Waals surface area contributed by atoms with Crippen LogP contribution in [0, 0.1) is 10.1 Å². The van der Waals surface area contributed by atoms with Gasteiger partial charge in [-0.25, -0.2) is 9.67 Å². The quantitative estimate of drug-likeness (QED) is 0.613. The highest BCUT2D eigenvalue weighted by atomic mass is 16.6. The van der Waals surface area contributed by atoms with E-state index in [1.54, 1.807) is 12.1 Å². The van der Waals surface area contributed by atoms with Gasteiger partial charge in [-0.3, -0.25) is 10.1 Å². The van der Waals surface area contributed by atoms with Gasteiger partial charge in [0.1, 0.15) is 5.82 Å². The number of hydrogen-bond acceptors (Lipinski definition) is 4. The van der Waals surface area contributed by atoms with E-state index in [0.717, 1.165) is 25.2 Å². The largest absolute Gasteiger partial charge is 0.270 e. The molecule has 0 N–H and O–H groups in total. The Balaban J connectivity index is 2.03. The molecule has 0 aliphatic carbocycles. The van der Waals surface area contributed by atoms with Crippen LogP contribution in [0.25, 0.3) is 11.4 Å². The Morgan fingerprint density at radius 2 is 2.32 bits per heavy atom. The first-order valence-corrected chi connectivity index (χ1v) is 6.35. The van der Waals surface area contributed by atoms with Crippen LogP contribution in [-0.2, 0) is 6.54 Å². The topological polar surface area (TPSA) is 73.8 Å². The zero-order valence-electron chi connectivity index (χ0n) is 10.6. The molecule has 3 rings (SSSR count). The average Bonchev–Trinajstić information content (AvgIpc) is 2.84. The molecule has 1 aromatic heterocycles. The summed E-state index contributed by atoms with van der Waals surface area (Å²) in [5.41, 5.74) is 0.765. The van der Waals surface area contributed by atoms with Crippen molar-refractivity contribution < 1.29 is 4.92 Å². The third-order valence-electron chi connectivity index (χ3n) is 3.46. The molecule has 2 aromatic rings. The first-order chi connectivity index (χ1) is 9.15. The Bertz CT molecular complexity index is 635. The predicted octanol–water partition coefficient (Wildman–Crippen LogP) is 2.75. The van der Waals surface area contributed by atoms with Crippen LogP contribution < -0.4 is 0 Å². The van der Waals surface area contributed by atoms with Crippen molar-refractivity contribution in [3.63, 3.8) is 0 Å². The molecule has 0 radical (unpaired) electrons. The van der Waals surface area contributed by atoms with E-state index in [0.29, 0.717) is 17.3 Å². The number of hydrogen-bond donors (Lipinski definition) is 0. The lowest BCUT2D eigenvalue weighted by molar-refractivity contribution is -0.384. The lowest BCUT2D eigenvalue weighted by Gasteiger charge is -2.17. The number of nitro benzene ring substituents is 1. The molecule has 6 heteroatoms. The molecule has 19 heavy (non-hydrogen) atoms. The lowest BCUT2D eigenvalue weighted by Crippen LogP contribution is -2.14. The second-order valence-corrected chi connectivity index (χ2v) is 4.87. The predicted molar refractivity (Wildman–Crippen MR) is 69.8 cm³/mol. The fourth-order valence-corrected chi connectivity index (χ4v) is 2.44. The van der Waals surface area contributed by atoms with E-state index in [9.17, 15) is 10.1 Å². The summed E-state index contributed by atoms with van der Waals surface area (Å²) in [7, 11) is 0. The van der Waals surface area contributed by atoms with Crippen LogP contribution in [0.5, 0.6) is 0 Å². The summed E-state index contributed by atoms with van der Waals surface area (Å²) < 4.78 is 1.92. The molecule has 6 nitrogen and oxygen atoms in total. The maximum atomic E-state index is 10.8. The highest BCUT2D eigenvalue weighted by molar-refractivity contribution is 5.58. The third kappa shape index (κ3) is 2.09. The molecule has 0 fully saturated rings. The first kappa shape index (κ1) is 11.8. The van der Waals surface area contributed by atoms with Gasteiger partial charge < -0.3 is 0 Å². The van der Waals surface area contributed by atoms with Gasteiger partial charge in [-0.15, -0.1) is 0 Å². The second-order valence-electron chi connectivity index (χ2n) is 4.87. The normalized spacial score (nSPS) is 18.1. The number of nitrogens with zero attached hydrogens (tertiary/aromatic N) is 4. The van der Waals surface area contributed by atoms with Gasteiger partial charge in [-0.2, -0.15) is 5.10 Å². The van der Waals surface area contributed by atoms with Crippen LogP contribution in [0.4, 0.5) is 5.69 Å². The Hall–Kier alpha value is -2.24. The van der Waals surface area contributed by atoms with Crippen molar-refractivity contribution >= 4 is 5.69 Å². The smallest absolute Gasteiger partial charge is 0.258 e. The van der Waals surface area contributed by atoms with E-state index in [4.69, 9.17) is 0 Å². The molecule has 0 bridgehead atoms. The van der Waals surface area contributed by atoms with Crippen molar-refractivity contribution in [1.29, 1.82) is 0 Å². The number of non-ortho nitro benzene ring substituents is 1. The van der Waals surface area contributed by atoms with E-state index < -0.39 is 4.92 Å². The standard InChI is InChI=1S/C13H14N4O2/c1-9-4-3-7-16-13(9)14-12(15-16)10-5-2-6-11(8-10)17(18)19/h2,5-6,8-9H,3-4,7H2,1H3. The molecular weight excluding hydrogens is 244 g/mol. The maximum Gasteiger partial charge on any atom is 0.270 e. The fraction of sp³-hybridized carbons (Fsp3) is 0.385. The average molecular weight is 258 g/mol. The second kappa shape index (κ2) is 4.46. The summed E-state index contributed by atoms with van der Waals surface area (Å²) in [4.78, 5) is 14.9. The number of aromatic nitrogens is 3. The molecule has 0 saturated carbocycles. The van der Waals surface area contributed by atoms with Crippen LogP contribution in [0.1, 0.15) is 31.5 Å². The molecular formula is C13H14N4O2. The molecule has 1 aliphatic rings. The van der Waals surface area contributed by atoms with Crippen molar-refractivity contribution in [2.45, 2.75) is 32.2 Å². The van der Waals surface area contributed by atoms with Gasteiger partial charge in [0.05, 0.1) is 4.92 Å². The number of fused-ring (bicyclic) bond motifs is 1. The molecule has 0 saturated heterocycles. The highest BCUT2D eigenvalue weighted by Crippen LogP contribution is 2.28. The third-order valence-corrected chi connectivity index (χ3v) is 3.46. The molecule has 1 aromatic carbocycles. The van der Waals surface area contributed by atoms with Gasteiger partial charge in [-0.05, 0) is 12.8 Å². The van der Waals surface area contributed by atoms with Crippen LogP contribution in [-0.4, -0.2) is 19.7 Å². The molecule has 98 valence electrons. The summed E-state index contributed by atoms with van der Waals surface area (Å²) in [5.74, 6) is 1.95. The highest BCUT2D eigenvalue weighted by Gasteiger charge is 2.21. The van der Waals surface area contributed by atoms with Crippen molar-refractivity contribution in [2.24, 2.45) is 0 Å². The van der Waals surface area contributed by atoms with Gasteiger partial charge >= 0.3 is 0 Å². The van der Waals surface area contributed by atoms with Crippen LogP contribution in [0.2, 0.25) is 0 Å². The van der Waals surface area contributed by atoms with Gasteiger partial charge in [0.2, 0.25) is 0 Å². The number of rotatable bonds is 2. The Morgan fingerprint density at radius 1 is 1.47 bits per heavy atom. The zero-order valence-corrected chi connectivity index (χ0v) is 10.6. The Labute approximate surface area is 110 Å². The minimum atomic E-state index is -0.401. The molecule has 0 amide bonds. The van der Waals surface area contributed by atoms with E-state index in [2.05, 4.69) is 17.0 Å². The molecule has 1 atom stereocenters. The number of aryl methyl sites for hydroxylation is 1. The van der Waals surface area contributed by atoms with Crippen LogP contribution >= 0.6 is 0 Å². The summed E-state index contributed by atoms with van der Waals surface area (Å²) in [5, 5.41) is 15.2. The minimum absolute atomic E-state index is 0.0679. The Morgan fingerprint density at radius 3 is 3.05 bits per heavy atom. The van der Waals surface area contributed by atoms with Crippen molar-refractivity contribution in [3.05, 3.63) is 40.2 Å². The summed E-state index contributed by atoms with van der Waals surface area (Å²) in [6.45, 7) is 3.01. The maximum absolute atomic E-state index is 10.8. The summed E-state index contributed by atoms with van der Waals surface area (Å²) in [6.07, 6.45) is 2.22. The number of nitro groups is 1. The summed E-state index contributed by atoms with van der Waals surface area (Å²) in [6, 6.07) is 6.46. The van der Waals surface area contributed by atoms with E-state index >= 15 is 0 Å².